The number of piperidine rings is 1. The van der Waals surface area contributed by atoms with E-state index in [0.29, 0.717) is 13.4 Å². The van der Waals surface area contributed by atoms with Crippen LogP contribution in [0.4, 0.5) is 0 Å². The van der Waals surface area contributed by atoms with Crippen LogP contribution in [-0.4, -0.2) is 48.7 Å². The van der Waals surface area contributed by atoms with E-state index in [4.69, 9.17) is 19.9 Å². The molecule has 0 aromatic heterocycles. The number of carbonyl (C=O) groups excluding carboxylic acids is 1. The highest BCUT2D eigenvalue weighted by Crippen LogP contribution is 2.36. The van der Waals surface area contributed by atoms with Crippen LogP contribution in [0, 0.1) is 5.92 Å². The molecule has 0 bridgehead atoms. The lowest BCUT2D eigenvalue weighted by Crippen LogP contribution is -2.38. The van der Waals surface area contributed by atoms with Gasteiger partial charge in [-0.3, -0.25) is 14.6 Å². The van der Waals surface area contributed by atoms with Gasteiger partial charge in [0.25, 0.3) is 0 Å². The van der Waals surface area contributed by atoms with Crippen molar-refractivity contribution in [3.63, 3.8) is 0 Å². The lowest BCUT2D eigenvalue weighted by molar-refractivity contribution is -0.123. The average molecular weight is 424 g/mol. The zero-order valence-electron chi connectivity index (χ0n) is 17.7. The first-order valence-electron chi connectivity index (χ1n) is 11.0. The van der Waals surface area contributed by atoms with Crippen LogP contribution in [0.15, 0.2) is 36.4 Å². The predicted molar refractivity (Wildman–Crippen MR) is 116 cm³/mol. The molecular weight excluding hydrogens is 394 g/mol. The SMILES string of the molecule is NC(=O)C1CCN(Cc2ccc3c(c2)CN(Cc2cccc4c2OCO4)CCO3)CC1. The highest BCUT2D eigenvalue weighted by atomic mass is 16.7. The summed E-state index contributed by atoms with van der Waals surface area (Å²) in [5.41, 5.74) is 9.10. The Kier molecular flexibility index (Phi) is 5.70. The Bertz CT molecular complexity index is 956. The van der Waals surface area contributed by atoms with Gasteiger partial charge in [-0.15, -0.1) is 0 Å². The summed E-state index contributed by atoms with van der Waals surface area (Å²) >= 11 is 0. The first kappa shape index (κ1) is 20.2. The van der Waals surface area contributed by atoms with Crippen molar-refractivity contribution in [2.75, 3.05) is 33.0 Å². The van der Waals surface area contributed by atoms with Gasteiger partial charge in [0.1, 0.15) is 12.4 Å². The normalized spacial score (nSPS) is 19.5. The molecule has 2 aromatic rings. The third-order valence-corrected chi connectivity index (χ3v) is 6.45. The van der Waals surface area contributed by atoms with E-state index < -0.39 is 0 Å². The molecule has 1 saturated heterocycles. The number of primary amides is 1. The van der Waals surface area contributed by atoms with Crippen molar-refractivity contribution in [3.05, 3.63) is 53.1 Å². The van der Waals surface area contributed by atoms with Gasteiger partial charge in [0.05, 0.1) is 0 Å². The second-order valence-corrected chi connectivity index (χ2v) is 8.60. The summed E-state index contributed by atoms with van der Waals surface area (Å²) in [6, 6.07) is 12.6. The molecule has 7 nitrogen and oxygen atoms in total. The van der Waals surface area contributed by atoms with Crippen LogP contribution in [0.1, 0.15) is 29.5 Å². The highest BCUT2D eigenvalue weighted by molar-refractivity contribution is 5.76. The number of carbonyl (C=O) groups is 1. The summed E-state index contributed by atoms with van der Waals surface area (Å²) in [5.74, 6) is 2.52. The fourth-order valence-electron chi connectivity index (χ4n) is 4.72. The number of benzene rings is 2. The van der Waals surface area contributed by atoms with Crippen molar-refractivity contribution < 1.29 is 19.0 Å². The van der Waals surface area contributed by atoms with Crippen LogP contribution in [0.2, 0.25) is 0 Å². The topological polar surface area (TPSA) is 77.3 Å². The zero-order valence-corrected chi connectivity index (χ0v) is 17.7. The Labute approximate surface area is 182 Å². The van der Waals surface area contributed by atoms with Crippen molar-refractivity contribution in [3.8, 4) is 17.2 Å². The summed E-state index contributed by atoms with van der Waals surface area (Å²) in [6.07, 6.45) is 1.70. The van der Waals surface area contributed by atoms with E-state index in [0.717, 1.165) is 74.9 Å². The maximum absolute atomic E-state index is 11.4. The number of amides is 1. The quantitative estimate of drug-likeness (QED) is 0.796. The number of ether oxygens (including phenoxy) is 3. The molecule has 3 aliphatic heterocycles. The minimum atomic E-state index is -0.164. The molecule has 164 valence electrons. The lowest BCUT2D eigenvalue weighted by atomic mass is 9.96. The number of para-hydroxylation sites is 1. The maximum Gasteiger partial charge on any atom is 0.231 e. The van der Waals surface area contributed by atoms with E-state index in [1.54, 1.807) is 0 Å². The van der Waals surface area contributed by atoms with Crippen LogP contribution >= 0.6 is 0 Å². The van der Waals surface area contributed by atoms with Gasteiger partial charge >= 0.3 is 0 Å². The molecule has 0 atom stereocenters. The van der Waals surface area contributed by atoms with Gasteiger partial charge in [-0.1, -0.05) is 18.2 Å². The number of nitrogens with two attached hydrogens (primary N) is 1. The lowest BCUT2D eigenvalue weighted by Gasteiger charge is -2.30. The molecule has 0 saturated carbocycles. The molecule has 1 fully saturated rings. The van der Waals surface area contributed by atoms with E-state index in [2.05, 4.69) is 34.1 Å². The smallest absolute Gasteiger partial charge is 0.231 e. The van der Waals surface area contributed by atoms with E-state index in [1.807, 2.05) is 12.1 Å². The first-order valence-corrected chi connectivity index (χ1v) is 11.0. The largest absolute Gasteiger partial charge is 0.492 e. The van der Waals surface area contributed by atoms with Gasteiger partial charge in [-0.05, 0) is 49.7 Å². The number of fused-ring (bicyclic) bond motifs is 2. The molecular formula is C24H29N3O4. The molecule has 3 heterocycles. The second kappa shape index (κ2) is 8.77. The molecule has 1 amide bonds. The monoisotopic (exact) mass is 423 g/mol. The third kappa shape index (κ3) is 4.48. The highest BCUT2D eigenvalue weighted by Gasteiger charge is 2.24. The third-order valence-electron chi connectivity index (χ3n) is 6.45. The van der Waals surface area contributed by atoms with Crippen molar-refractivity contribution in [1.29, 1.82) is 0 Å². The molecule has 3 aliphatic rings. The van der Waals surface area contributed by atoms with E-state index in [1.165, 1.54) is 11.1 Å². The van der Waals surface area contributed by atoms with Crippen LogP contribution in [0.25, 0.3) is 0 Å². The molecule has 2 aromatic carbocycles. The molecule has 0 radical (unpaired) electrons. The maximum atomic E-state index is 11.4. The Hall–Kier alpha value is -2.77. The zero-order chi connectivity index (χ0) is 21.2. The van der Waals surface area contributed by atoms with Crippen LogP contribution < -0.4 is 19.9 Å². The standard InChI is InChI=1S/C24H29N3O4/c25-24(28)18-6-8-26(9-7-18)13-17-4-5-21-20(12-17)15-27(10-11-29-21)14-19-2-1-3-22-23(19)31-16-30-22/h1-5,12,18H,6-11,13-16H2,(H2,25,28). The van der Waals surface area contributed by atoms with Gasteiger partial charge in [-0.25, -0.2) is 0 Å². The number of hydrogen-bond donors (Lipinski definition) is 1. The minimum absolute atomic E-state index is 0.0269. The number of hydrogen-bond acceptors (Lipinski definition) is 6. The van der Waals surface area contributed by atoms with Gasteiger partial charge in [0, 0.05) is 43.2 Å². The summed E-state index contributed by atoms with van der Waals surface area (Å²) in [4.78, 5) is 16.2. The molecule has 2 N–H and O–H groups in total. The predicted octanol–water partition coefficient (Wildman–Crippen LogP) is 2.51. The Morgan fingerprint density at radius 1 is 0.968 bits per heavy atom. The Morgan fingerprint density at radius 3 is 2.68 bits per heavy atom. The van der Waals surface area contributed by atoms with Crippen LogP contribution in [0.5, 0.6) is 17.2 Å². The second-order valence-electron chi connectivity index (χ2n) is 8.60. The van der Waals surface area contributed by atoms with Crippen molar-refractivity contribution in [1.82, 2.24) is 9.80 Å². The van der Waals surface area contributed by atoms with Crippen molar-refractivity contribution in [2.24, 2.45) is 11.7 Å². The van der Waals surface area contributed by atoms with Crippen molar-refractivity contribution >= 4 is 5.91 Å². The molecule has 0 unspecified atom stereocenters. The first-order chi connectivity index (χ1) is 15.2. The number of likely N-dealkylation sites (tertiary alicyclic amines) is 1. The van der Waals surface area contributed by atoms with E-state index >= 15 is 0 Å². The Morgan fingerprint density at radius 2 is 1.84 bits per heavy atom. The Balaban J connectivity index is 1.26. The molecule has 0 spiro atoms. The molecule has 7 heteroatoms. The van der Waals surface area contributed by atoms with Crippen molar-refractivity contribution in [2.45, 2.75) is 32.5 Å². The summed E-state index contributed by atoms with van der Waals surface area (Å²) in [5, 5.41) is 0. The summed E-state index contributed by atoms with van der Waals surface area (Å²) < 4.78 is 17.2. The van der Waals surface area contributed by atoms with Gasteiger partial charge in [-0.2, -0.15) is 0 Å². The van der Waals surface area contributed by atoms with Crippen LogP contribution in [-0.2, 0) is 24.4 Å². The molecule has 5 rings (SSSR count). The van der Waals surface area contributed by atoms with E-state index in [-0.39, 0.29) is 11.8 Å². The summed E-state index contributed by atoms with van der Waals surface area (Å²) in [7, 11) is 0. The van der Waals surface area contributed by atoms with Gasteiger partial charge in [0.2, 0.25) is 12.7 Å². The van der Waals surface area contributed by atoms with E-state index in [9.17, 15) is 4.79 Å². The van der Waals surface area contributed by atoms with Crippen LogP contribution in [0.3, 0.4) is 0 Å². The van der Waals surface area contributed by atoms with Gasteiger partial charge in [0.15, 0.2) is 11.5 Å². The fraction of sp³-hybridized carbons (Fsp3) is 0.458. The number of nitrogens with zero attached hydrogens (tertiary/aromatic N) is 2. The molecule has 0 aliphatic carbocycles. The fourth-order valence-corrected chi connectivity index (χ4v) is 4.72. The molecule has 31 heavy (non-hydrogen) atoms. The summed E-state index contributed by atoms with van der Waals surface area (Å²) in [6.45, 7) is 6.14. The average Bonchev–Trinajstić information content (AvgIpc) is 3.17. The van der Waals surface area contributed by atoms with Gasteiger partial charge < -0.3 is 19.9 Å². The minimum Gasteiger partial charge on any atom is -0.492 e. The number of rotatable bonds is 5.